The summed E-state index contributed by atoms with van der Waals surface area (Å²) in [4.78, 5) is 0. The van der Waals surface area contributed by atoms with Crippen LogP contribution in [-0.2, 0) is 0 Å². The van der Waals surface area contributed by atoms with Crippen LogP contribution in [0, 0.1) is 0 Å². The van der Waals surface area contributed by atoms with Crippen molar-refractivity contribution in [2.45, 2.75) is 51.7 Å². The summed E-state index contributed by atoms with van der Waals surface area (Å²) in [5.74, 6) is 0. The van der Waals surface area contributed by atoms with Crippen LogP contribution in [0.3, 0.4) is 0 Å². The lowest BCUT2D eigenvalue weighted by atomic mass is 10.1. The molecule has 0 rings (SSSR count). The predicted molar refractivity (Wildman–Crippen MR) is 44.5 cm³/mol. The molecule has 0 aromatic carbocycles. The molecule has 2 atom stereocenters. The second kappa shape index (κ2) is 6.58. The van der Waals surface area contributed by atoms with Crippen molar-refractivity contribution in [1.82, 2.24) is 5.48 Å². The molecule has 0 saturated carbocycles. The van der Waals surface area contributed by atoms with Crippen LogP contribution in [0.25, 0.3) is 0 Å². The molecule has 11 heavy (non-hydrogen) atoms. The second-order valence-corrected chi connectivity index (χ2v) is 2.97. The van der Waals surface area contributed by atoms with Gasteiger partial charge in [0, 0.05) is 0 Å². The van der Waals surface area contributed by atoms with E-state index in [1.54, 1.807) is 6.92 Å². The molecule has 0 saturated heterocycles. The van der Waals surface area contributed by atoms with Crippen molar-refractivity contribution in [2.75, 3.05) is 0 Å². The number of hydrogen-bond donors (Lipinski definition) is 3. The number of aliphatic hydroxyl groups excluding tert-OH is 1. The molecular formula is C8H19NO2. The molecule has 0 radical (unpaired) electrons. The van der Waals surface area contributed by atoms with Gasteiger partial charge in [0.2, 0.25) is 0 Å². The number of aliphatic hydroxyl groups is 1. The summed E-state index contributed by atoms with van der Waals surface area (Å²) >= 11 is 0. The molecule has 0 aromatic rings. The zero-order chi connectivity index (χ0) is 8.69. The minimum absolute atomic E-state index is 0.165. The quantitative estimate of drug-likeness (QED) is 0.406. The van der Waals surface area contributed by atoms with E-state index in [4.69, 9.17) is 10.3 Å². The molecule has 3 N–H and O–H groups in total. The summed E-state index contributed by atoms with van der Waals surface area (Å²) in [5, 5.41) is 17.7. The van der Waals surface area contributed by atoms with Gasteiger partial charge in [-0.15, -0.1) is 0 Å². The van der Waals surface area contributed by atoms with E-state index < -0.39 is 6.10 Å². The first kappa shape index (κ1) is 10.9. The Labute approximate surface area is 68.4 Å². The number of rotatable bonds is 6. The number of hydroxylamine groups is 1. The van der Waals surface area contributed by atoms with Gasteiger partial charge in [-0.2, -0.15) is 5.48 Å². The molecule has 0 spiro atoms. The summed E-state index contributed by atoms with van der Waals surface area (Å²) < 4.78 is 0. The van der Waals surface area contributed by atoms with Gasteiger partial charge in [0.1, 0.15) is 0 Å². The van der Waals surface area contributed by atoms with Gasteiger partial charge < -0.3 is 10.3 Å². The third-order valence-corrected chi connectivity index (χ3v) is 1.87. The van der Waals surface area contributed by atoms with Gasteiger partial charge in [-0.1, -0.05) is 26.2 Å². The highest BCUT2D eigenvalue weighted by Gasteiger charge is 2.11. The summed E-state index contributed by atoms with van der Waals surface area (Å²) in [6, 6.07) is -0.165. The Morgan fingerprint density at radius 2 is 2.00 bits per heavy atom. The van der Waals surface area contributed by atoms with E-state index in [0.29, 0.717) is 0 Å². The molecule has 0 amide bonds. The standard InChI is InChI=1S/C8H19NO2/c1-3-4-5-6-8(9-11)7(2)10/h7-11H,3-6H2,1-2H3. The molecule has 0 aliphatic heterocycles. The van der Waals surface area contributed by atoms with E-state index in [9.17, 15) is 0 Å². The van der Waals surface area contributed by atoms with E-state index in [1.165, 1.54) is 0 Å². The molecule has 2 unspecified atom stereocenters. The maximum atomic E-state index is 9.09. The first-order valence-corrected chi connectivity index (χ1v) is 4.30. The lowest BCUT2D eigenvalue weighted by Gasteiger charge is -2.17. The highest BCUT2D eigenvalue weighted by Crippen LogP contribution is 2.05. The van der Waals surface area contributed by atoms with Crippen molar-refractivity contribution in [3.8, 4) is 0 Å². The Kier molecular flexibility index (Phi) is 6.51. The van der Waals surface area contributed by atoms with E-state index >= 15 is 0 Å². The summed E-state index contributed by atoms with van der Waals surface area (Å²) in [6.07, 6.45) is 3.74. The van der Waals surface area contributed by atoms with Crippen LogP contribution in [0.2, 0.25) is 0 Å². The zero-order valence-electron chi connectivity index (χ0n) is 7.38. The highest BCUT2D eigenvalue weighted by atomic mass is 16.5. The van der Waals surface area contributed by atoms with Crippen LogP contribution in [0.1, 0.15) is 39.5 Å². The number of hydrogen-bond acceptors (Lipinski definition) is 3. The van der Waals surface area contributed by atoms with Gasteiger partial charge in [0.15, 0.2) is 0 Å². The second-order valence-electron chi connectivity index (χ2n) is 2.97. The van der Waals surface area contributed by atoms with Crippen molar-refractivity contribution in [3.63, 3.8) is 0 Å². The van der Waals surface area contributed by atoms with Crippen LogP contribution >= 0.6 is 0 Å². The highest BCUT2D eigenvalue weighted by molar-refractivity contribution is 4.67. The molecule has 0 heterocycles. The Hall–Kier alpha value is -0.120. The van der Waals surface area contributed by atoms with Crippen molar-refractivity contribution in [2.24, 2.45) is 0 Å². The first-order valence-electron chi connectivity index (χ1n) is 4.30. The maximum absolute atomic E-state index is 9.09. The normalized spacial score (nSPS) is 16.4. The predicted octanol–water partition coefficient (Wildman–Crippen LogP) is 1.29. The zero-order valence-corrected chi connectivity index (χ0v) is 7.38. The lowest BCUT2D eigenvalue weighted by molar-refractivity contribution is 0.0437. The van der Waals surface area contributed by atoms with Crippen LogP contribution in [0.4, 0.5) is 0 Å². The molecule has 0 fully saturated rings. The fourth-order valence-electron chi connectivity index (χ4n) is 1.03. The monoisotopic (exact) mass is 161 g/mol. The third kappa shape index (κ3) is 5.18. The molecule has 3 nitrogen and oxygen atoms in total. The molecule has 0 aromatic heterocycles. The van der Waals surface area contributed by atoms with Crippen molar-refractivity contribution < 1.29 is 10.3 Å². The molecule has 68 valence electrons. The first-order chi connectivity index (χ1) is 5.22. The largest absolute Gasteiger partial charge is 0.392 e. The molecular weight excluding hydrogens is 142 g/mol. The Balaban J connectivity index is 3.36. The van der Waals surface area contributed by atoms with Crippen LogP contribution in [0.5, 0.6) is 0 Å². The fraction of sp³-hybridized carbons (Fsp3) is 1.00. The van der Waals surface area contributed by atoms with Gasteiger partial charge in [-0.25, -0.2) is 0 Å². The summed E-state index contributed by atoms with van der Waals surface area (Å²) in [6.45, 7) is 3.81. The Bertz CT molecular complexity index is 86.2. The fourth-order valence-corrected chi connectivity index (χ4v) is 1.03. The van der Waals surface area contributed by atoms with Crippen molar-refractivity contribution >= 4 is 0 Å². The molecule has 0 aliphatic carbocycles. The smallest absolute Gasteiger partial charge is 0.0687 e. The topological polar surface area (TPSA) is 52.5 Å². The van der Waals surface area contributed by atoms with Gasteiger partial charge in [0.05, 0.1) is 12.1 Å². The SMILES string of the molecule is CCCCCC(NO)C(C)O. The van der Waals surface area contributed by atoms with Crippen LogP contribution < -0.4 is 5.48 Å². The lowest BCUT2D eigenvalue weighted by Crippen LogP contribution is -2.35. The average molecular weight is 161 g/mol. The van der Waals surface area contributed by atoms with Gasteiger partial charge in [-0.3, -0.25) is 0 Å². The van der Waals surface area contributed by atoms with E-state index in [2.05, 4.69) is 12.4 Å². The number of unbranched alkanes of at least 4 members (excludes halogenated alkanes) is 2. The maximum Gasteiger partial charge on any atom is 0.0687 e. The third-order valence-electron chi connectivity index (χ3n) is 1.87. The van der Waals surface area contributed by atoms with Crippen LogP contribution in [0.15, 0.2) is 0 Å². The molecule has 0 bridgehead atoms. The summed E-state index contributed by atoms with van der Waals surface area (Å²) in [5.41, 5.74) is 2.11. The summed E-state index contributed by atoms with van der Waals surface area (Å²) in [7, 11) is 0. The van der Waals surface area contributed by atoms with Crippen molar-refractivity contribution in [3.05, 3.63) is 0 Å². The Morgan fingerprint density at radius 3 is 2.36 bits per heavy atom. The van der Waals surface area contributed by atoms with E-state index in [-0.39, 0.29) is 6.04 Å². The Morgan fingerprint density at radius 1 is 1.36 bits per heavy atom. The van der Waals surface area contributed by atoms with Gasteiger partial charge in [-0.05, 0) is 13.3 Å². The average Bonchev–Trinajstić information content (AvgIpc) is 1.97. The molecule has 3 heteroatoms. The van der Waals surface area contributed by atoms with Crippen molar-refractivity contribution in [1.29, 1.82) is 0 Å². The minimum atomic E-state index is -0.475. The van der Waals surface area contributed by atoms with E-state index in [0.717, 1.165) is 25.7 Å². The number of nitrogens with one attached hydrogen (secondary N) is 1. The van der Waals surface area contributed by atoms with Gasteiger partial charge >= 0.3 is 0 Å². The van der Waals surface area contributed by atoms with E-state index in [1.807, 2.05) is 0 Å². The van der Waals surface area contributed by atoms with Crippen LogP contribution in [-0.4, -0.2) is 22.5 Å². The molecule has 0 aliphatic rings. The minimum Gasteiger partial charge on any atom is -0.392 e. The van der Waals surface area contributed by atoms with Gasteiger partial charge in [0.25, 0.3) is 0 Å².